The quantitative estimate of drug-likeness (QED) is 0.806. The maximum Gasteiger partial charge on any atom is 0.128 e. The monoisotopic (exact) mass is 207 g/mol. The predicted octanol–water partition coefficient (Wildman–Crippen LogP) is 2.28. The van der Waals surface area contributed by atoms with E-state index >= 15 is 0 Å². The molecule has 1 aliphatic heterocycles. The van der Waals surface area contributed by atoms with Gasteiger partial charge in [-0.2, -0.15) is 0 Å². The first-order valence-corrected chi connectivity index (χ1v) is 6.03. The average molecular weight is 207 g/mol. The third-order valence-electron chi connectivity index (χ3n) is 3.42. The third-order valence-corrected chi connectivity index (χ3v) is 3.42. The maximum absolute atomic E-state index is 4.52. The molecule has 3 nitrogen and oxygen atoms in total. The SMILES string of the molecule is CCn1ccnc1C1(C)CCCCCN1. The van der Waals surface area contributed by atoms with Gasteiger partial charge in [0.15, 0.2) is 0 Å². The van der Waals surface area contributed by atoms with Crippen LogP contribution in [0, 0.1) is 0 Å². The first-order valence-electron chi connectivity index (χ1n) is 6.03. The van der Waals surface area contributed by atoms with Gasteiger partial charge in [0.25, 0.3) is 0 Å². The minimum absolute atomic E-state index is 0.0794. The highest BCUT2D eigenvalue weighted by Crippen LogP contribution is 2.28. The fraction of sp³-hybridized carbons (Fsp3) is 0.750. The van der Waals surface area contributed by atoms with Crippen LogP contribution in [0.1, 0.15) is 45.4 Å². The van der Waals surface area contributed by atoms with Crippen molar-refractivity contribution in [1.82, 2.24) is 14.9 Å². The van der Waals surface area contributed by atoms with Crippen molar-refractivity contribution in [2.75, 3.05) is 6.54 Å². The molecule has 1 N–H and O–H groups in total. The van der Waals surface area contributed by atoms with Crippen LogP contribution in [0.5, 0.6) is 0 Å². The van der Waals surface area contributed by atoms with Crippen molar-refractivity contribution in [3.63, 3.8) is 0 Å². The molecule has 84 valence electrons. The van der Waals surface area contributed by atoms with Crippen molar-refractivity contribution >= 4 is 0 Å². The Kier molecular flexibility index (Phi) is 3.10. The summed E-state index contributed by atoms with van der Waals surface area (Å²) < 4.78 is 2.25. The van der Waals surface area contributed by atoms with Crippen LogP contribution < -0.4 is 5.32 Å². The zero-order chi connectivity index (χ0) is 10.7. The van der Waals surface area contributed by atoms with Gasteiger partial charge in [0.05, 0.1) is 5.54 Å². The number of nitrogens with one attached hydrogen (secondary N) is 1. The molecule has 2 rings (SSSR count). The smallest absolute Gasteiger partial charge is 0.128 e. The molecule has 1 aromatic rings. The van der Waals surface area contributed by atoms with Crippen molar-refractivity contribution < 1.29 is 0 Å². The summed E-state index contributed by atoms with van der Waals surface area (Å²) in [7, 11) is 0. The van der Waals surface area contributed by atoms with Crippen molar-refractivity contribution in [3.05, 3.63) is 18.2 Å². The van der Waals surface area contributed by atoms with Gasteiger partial charge in [-0.3, -0.25) is 0 Å². The Hall–Kier alpha value is -0.830. The molecule has 2 heterocycles. The molecule has 0 saturated carbocycles. The topological polar surface area (TPSA) is 29.9 Å². The summed E-state index contributed by atoms with van der Waals surface area (Å²) in [6.07, 6.45) is 9.13. The Morgan fingerprint density at radius 1 is 1.47 bits per heavy atom. The largest absolute Gasteiger partial charge is 0.334 e. The predicted molar refractivity (Wildman–Crippen MR) is 61.7 cm³/mol. The van der Waals surface area contributed by atoms with Crippen molar-refractivity contribution in [2.24, 2.45) is 0 Å². The molecule has 15 heavy (non-hydrogen) atoms. The lowest BCUT2D eigenvalue weighted by molar-refractivity contribution is 0.326. The van der Waals surface area contributed by atoms with Crippen LogP contribution >= 0.6 is 0 Å². The molecular weight excluding hydrogens is 186 g/mol. The number of hydrogen-bond donors (Lipinski definition) is 1. The molecule has 1 fully saturated rings. The summed E-state index contributed by atoms with van der Waals surface area (Å²) in [6.45, 7) is 6.58. The number of imidazole rings is 1. The summed E-state index contributed by atoms with van der Waals surface area (Å²) in [5.41, 5.74) is 0.0794. The van der Waals surface area contributed by atoms with Crippen LogP contribution in [0.25, 0.3) is 0 Å². The normalized spacial score (nSPS) is 27.6. The Labute approximate surface area is 91.9 Å². The molecule has 1 atom stereocenters. The highest BCUT2D eigenvalue weighted by molar-refractivity contribution is 5.08. The van der Waals surface area contributed by atoms with Gasteiger partial charge >= 0.3 is 0 Å². The van der Waals surface area contributed by atoms with Crippen LogP contribution in [0.3, 0.4) is 0 Å². The van der Waals surface area contributed by atoms with Crippen molar-refractivity contribution in [3.8, 4) is 0 Å². The van der Waals surface area contributed by atoms with E-state index in [4.69, 9.17) is 0 Å². The second kappa shape index (κ2) is 4.35. The molecule has 1 aliphatic rings. The Bertz CT molecular complexity index is 308. The molecule has 1 aromatic heterocycles. The molecule has 0 amide bonds. The fourth-order valence-corrected chi connectivity index (χ4v) is 2.47. The number of nitrogens with zero attached hydrogens (tertiary/aromatic N) is 2. The molecule has 0 bridgehead atoms. The summed E-state index contributed by atoms with van der Waals surface area (Å²) in [5, 5.41) is 3.65. The van der Waals surface area contributed by atoms with E-state index in [2.05, 4.69) is 34.9 Å². The molecule has 1 saturated heterocycles. The van der Waals surface area contributed by atoms with Gasteiger partial charge in [0, 0.05) is 18.9 Å². The van der Waals surface area contributed by atoms with Gasteiger partial charge in [-0.05, 0) is 33.2 Å². The minimum Gasteiger partial charge on any atom is -0.334 e. The zero-order valence-electron chi connectivity index (χ0n) is 9.79. The van der Waals surface area contributed by atoms with Gasteiger partial charge in [-0.25, -0.2) is 4.98 Å². The molecule has 0 radical (unpaired) electrons. The van der Waals surface area contributed by atoms with E-state index in [0.29, 0.717) is 0 Å². The highest BCUT2D eigenvalue weighted by atomic mass is 15.1. The summed E-state index contributed by atoms with van der Waals surface area (Å²) >= 11 is 0. The first-order chi connectivity index (χ1) is 7.26. The van der Waals surface area contributed by atoms with Crippen molar-refractivity contribution in [1.29, 1.82) is 0 Å². The Balaban J connectivity index is 2.26. The number of hydrogen-bond acceptors (Lipinski definition) is 2. The fourth-order valence-electron chi connectivity index (χ4n) is 2.47. The lowest BCUT2D eigenvalue weighted by Crippen LogP contribution is -2.41. The van der Waals surface area contributed by atoms with Gasteiger partial charge in [-0.15, -0.1) is 0 Å². The van der Waals surface area contributed by atoms with Gasteiger partial charge < -0.3 is 9.88 Å². The van der Waals surface area contributed by atoms with Crippen molar-refractivity contribution in [2.45, 2.75) is 51.6 Å². The van der Waals surface area contributed by atoms with Gasteiger partial charge in [0.1, 0.15) is 5.82 Å². The minimum atomic E-state index is 0.0794. The van der Waals surface area contributed by atoms with Gasteiger partial charge in [-0.1, -0.05) is 12.8 Å². The number of aryl methyl sites for hydroxylation is 1. The van der Waals surface area contributed by atoms with Crippen LogP contribution in [-0.2, 0) is 12.1 Å². The van der Waals surface area contributed by atoms with E-state index in [9.17, 15) is 0 Å². The number of rotatable bonds is 2. The lowest BCUT2D eigenvalue weighted by atomic mass is 9.95. The zero-order valence-corrected chi connectivity index (χ0v) is 9.79. The molecular formula is C12H21N3. The van der Waals surface area contributed by atoms with E-state index < -0.39 is 0 Å². The van der Waals surface area contributed by atoms with E-state index in [1.54, 1.807) is 0 Å². The Morgan fingerprint density at radius 2 is 2.33 bits per heavy atom. The molecule has 1 unspecified atom stereocenters. The molecule has 0 spiro atoms. The Morgan fingerprint density at radius 3 is 3.13 bits per heavy atom. The molecule has 0 aromatic carbocycles. The average Bonchev–Trinajstić information content (AvgIpc) is 2.62. The second-order valence-electron chi connectivity index (χ2n) is 4.61. The molecule has 0 aliphatic carbocycles. The van der Waals surface area contributed by atoms with Gasteiger partial charge in [0.2, 0.25) is 0 Å². The summed E-state index contributed by atoms with van der Waals surface area (Å²) in [4.78, 5) is 4.52. The summed E-state index contributed by atoms with van der Waals surface area (Å²) in [6, 6.07) is 0. The maximum atomic E-state index is 4.52. The van der Waals surface area contributed by atoms with Crippen LogP contribution in [0.15, 0.2) is 12.4 Å². The van der Waals surface area contributed by atoms with E-state index in [0.717, 1.165) is 13.1 Å². The van der Waals surface area contributed by atoms with E-state index in [-0.39, 0.29) is 5.54 Å². The first kappa shape index (κ1) is 10.7. The van der Waals surface area contributed by atoms with E-state index in [1.807, 2.05) is 6.20 Å². The lowest BCUT2D eigenvalue weighted by Gasteiger charge is -2.29. The second-order valence-corrected chi connectivity index (χ2v) is 4.61. The van der Waals surface area contributed by atoms with Crippen LogP contribution in [0.4, 0.5) is 0 Å². The summed E-state index contributed by atoms with van der Waals surface area (Å²) in [5.74, 6) is 1.20. The van der Waals surface area contributed by atoms with Crippen LogP contribution in [0.2, 0.25) is 0 Å². The van der Waals surface area contributed by atoms with E-state index in [1.165, 1.54) is 31.5 Å². The standard InChI is InChI=1S/C12H21N3/c1-3-15-10-9-13-11(15)12(2)7-5-4-6-8-14-12/h9-10,14H,3-8H2,1-2H3. The highest BCUT2D eigenvalue weighted by Gasteiger charge is 2.30. The van der Waals surface area contributed by atoms with Crippen LogP contribution in [-0.4, -0.2) is 16.1 Å². The molecule has 3 heteroatoms. The third kappa shape index (κ3) is 2.07. The number of aromatic nitrogens is 2.